The molecule has 1 aliphatic heterocycles. The number of hydrogen-bond acceptors (Lipinski definition) is 4. The van der Waals surface area contributed by atoms with Gasteiger partial charge < -0.3 is 10.6 Å². The second kappa shape index (κ2) is 4.44. The molecule has 0 amide bonds. The van der Waals surface area contributed by atoms with Crippen LogP contribution in [0.2, 0.25) is 5.15 Å². The molecule has 0 bridgehead atoms. The highest BCUT2D eigenvalue weighted by molar-refractivity contribution is 7.10. The lowest BCUT2D eigenvalue weighted by Gasteiger charge is -2.35. The Morgan fingerprint density at radius 2 is 2.28 bits per heavy atom. The largest absolute Gasteiger partial charge is 0.396 e. The minimum absolute atomic E-state index is 0.299. The summed E-state index contributed by atoms with van der Waals surface area (Å²) in [5.41, 5.74) is 8.08. The number of pyridine rings is 1. The number of fused-ring (bicyclic) bond motifs is 1. The van der Waals surface area contributed by atoms with Crippen molar-refractivity contribution in [3.63, 3.8) is 0 Å². The van der Waals surface area contributed by atoms with Gasteiger partial charge in [0.2, 0.25) is 0 Å². The molecule has 18 heavy (non-hydrogen) atoms. The maximum Gasteiger partial charge on any atom is 0.154 e. The Balaban J connectivity index is 2.01. The minimum atomic E-state index is 0.299. The number of nitrogens with two attached hydrogens (primary N) is 1. The fourth-order valence-corrected chi connectivity index (χ4v) is 3.57. The average molecular weight is 280 g/mol. The first-order valence-corrected chi connectivity index (χ1v) is 7.17. The Labute approximate surface area is 115 Å². The monoisotopic (exact) mass is 279 g/mol. The Kier molecular flexibility index (Phi) is 2.92. The van der Waals surface area contributed by atoms with Crippen LogP contribution in [0.15, 0.2) is 23.6 Å². The van der Waals surface area contributed by atoms with Crippen LogP contribution in [0, 0.1) is 0 Å². The van der Waals surface area contributed by atoms with Crippen LogP contribution in [0.25, 0.3) is 0 Å². The number of anilines is 2. The summed E-state index contributed by atoms with van der Waals surface area (Å²) >= 11 is 7.80. The van der Waals surface area contributed by atoms with Crippen molar-refractivity contribution in [2.45, 2.75) is 19.4 Å². The van der Waals surface area contributed by atoms with Crippen molar-refractivity contribution in [3.8, 4) is 0 Å². The van der Waals surface area contributed by atoms with Crippen LogP contribution in [-0.4, -0.2) is 11.5 Å². The van der Waals surface area contributed by atoms with Crippen molar-refractivity contribution < 1.29 is 0 Å². The lowest BCUT2D eigenvalue weighted by atomic mass is 10.0. The highest BCUT2D eigenvalue weighted by Crippen LogP contribution is 2.37. The molecule has 2 aromatic heterocycles. The average Bonchev–Trinajstić information content (AvgIpc) is 2.82. The lowest BCUT2D eigenvalue weighted by Crippen LogP contribution is -2.34. The van der Waals surface area contributed by atoms with E-state index in [1.54, 1.807) is 6.07 Å². The van der Waals surface area contributed by atoms with Crippen molar-refractivity contribution in [1.82, 2.24) is 4.98 Å². The van der Waals surface area contributed by atoms with E-state index in [-0.39, 0.29) is 0 Å². The SMILES string of the molecule is CC1c2ccsc2CCN1c1nc(Cl)ccc1N. The molecule has 3 heterocycles. The molecule has 0 aliphatic carbocycles. The summed E-state index contributed by atoms with van der Waals surface area (Å²) < 4.78 is 0. The summed E-state index contributed by atoms with van der Waals surface area (Å²) in [5, 5.41) is 2.64. The van der Waals surface area contributed by atoms with E-state index in [4.69, 9.17) is 17.3 Å². The van der Waals surface area contributed by atoms with Crippen molar-refractivity contribution in [3.05, 3.63) is 39.2 Å². The zero-order valence-electron chi connectivity index (χ0n) is 10.1. The lowest BCUT2D eigenvalue weighted by molar-refractivity contribution is 0.626. The van der Waals surface area contributed by atoms with E-state index in [9.17, 15) is 0 Å². The fourth-order valence-electron chi connectivity index (χ4n) is 2.46. The zero-order valence-corrected chi connectivity index (χ0v) is 11.6. The molecule has 3 nitrogen and oxygen atoms in total. The predicted octanol–water partition coefficient (Wildman–Crippen LogP) is 3.50. The first-order chi connectivity index (χ1) is 8.66. The van der Waals surface area contributed by atoms with Gasteiger partial charge in [-0.25, -0.2) is 4.98 Å². The van der Waals surface area contributed by atoms with Gasteiger partial charge in [0.1, 0.15) is 5.15 Å². The zero-order chi connectivity index (χ0) is 12.7. The van der Waals surface area contributed by atoms with Crippen LogP contribution in [0.3, 0.4) is 0 Å². The number of rotatable bonds is 1. The van der Waals surface area contributed by atoms with E-state index in [0.717, 1.165) is 18.8 Å². The molecule has 0 saturated carbocycles. The standard InChI is InChI=1S/C13H14ClN3S/c1-8-9-5-7-18-11(9)4-6-17(8)13-10(15)2-3-12(14)16-13/h2-3,5,7-8H,4,6,15H2,1H3. The quantitative estimate of drug-likeness (QED) is 0.813. The topological polar surface area (TPSA) is 42.2 Å². The van der Waals surface area contributed by atoms with Crippen LogP contribution in [0.5, 0.6) is 0 Å². The Bertz CT molecular complexity index is 581. The molecule has 0 fully saturated rings. The normalized spacial score (nSPS) is 18.8. The molecule has 0 saturated heterocycles. The summed E-state index contributed by atoms with van der Waals surface area (Å²) in [7, 11) is 0. The van der Waals surface area contributed by atoms with Gasteiger partial charge in [0, 0.05) is 11.4 Å². The summed E-state index contributed by atoms with van der Waals surface area (Å²) in [4.78, 5) is 8.08. The third-order valence-corrected chi connectivity index (χ3v) is 4.63. The van der Waals surface area contributed by atoms with Gasteiger partial charge in [-0.2, -0.15) is 0 Å². The van der Waals surface area contributed by atoms with Crippen LogP contribution in [0.4, 0.5) is 11.5 Å². The number of halogens is 1. The number of nitrogens with zero attached hydrogens (tertiary/aromatic N) is 2. The molecular formula is C13H14ClN3S. The van der Waals surface area contributed by atoms with E-state index >= 15 is 0 Å². The Morgan fingerprint density at radius 3 is 3.11 bits per heavy atom. The van der Waals surface area contributed by atoms with Crippen molar-refractivity contribution in [1.29, 1.82) is 0 Å². The summed E-state index contributed by atoms with van der Waals surface area (Å²) in [6, 6.07) is 6.04. The van der Waals surface area contributed by atoms with E-state index < -0.39 is 0 Å². The van der Waals surface area contributed by atoms with Gasteiger partial charge >= 0.3 is 0 Å². The van der Waals surface area contributed by atoms with Crippen molar-refractivity contribution >= 4 is 34.4 Å². The Morgan fingerprint density at radius 1 is 1.44 bits per heavy atom. The number of hydrogen-bond donors (Lipinski definition) is 1. The van der Waals surface area contributed by atoms with E-state index in [2.05, 4.69) is 28.3 Å². The number of aromatic nitrogens is 1. The van der Waals surface area contributed by atoms with Gasteiger partial charge in [0.05, 0.1) is 11.7 Å². The van der Waals surface area contributed by atoms with Gasteiger partial charge in [-0.05, 0) is 42.5 Å². The molecule has 1 aliphatic rings. The number of thiophene rings is 1. The smallest absolute Gasteiger partial charge is 0.154 e. The van der Waals surface area contributed by atoms with Crippen LogP contribution in [0.1, 0.15) is 23.4 Å². The van der Waals surface area contributed by atoms with E-state index in [0.29, 0.717) is 16.9 Å². The molecule has 1 atom stereocenters. The highest BCUT2D eigenvalue weighted by Gasteiger charge is 2.26. The van der Waals surface area contributed by atoms with E-state index in [1.807, 2.05) is 17.4 Å². The van der Waals surface area contributed by atoms with Crippen LogP contribution in [-0.2, 0) is 6.42 Å². The molecule has 3 rings (SSSR count). The molecule has 2 aromatic rings. The molecule has 2 N–H and O–H groups in total. The third kappa shape index (κ3) is 1.85. The van der Waals surface area contributed by atoms with Gasteiger partial charge in [-0.15, -0.1) is 11.3 Å². The molecule has 0 aromatic carbocycles. The highest BCUT2D eigenvalue weighted by atomic mass is 35.5. The maximum absolute atomic E-state index is 6.02. The number of nitrogen functional groups attached to an aromatic ring is 1. The summed E-state index contributed by atoms with van der Waals surface area (Å²) in [6.07, 6.45) is 1.05. The van der Waals surface area contributed by atoms with Crippen molar-refractivity contribution in [2.24, 2.45) is 0 Å². The molecular weight excluding hydrogens is 266 g/mol. The van der Waals surface area contributed by atoms with Crippen LogP contribution < -0.4 is 10.6 Å². The first kappa shape index (κ1) is 11.8. The maximum atomic E-state index is 6.02. The predicted molar refractivity (Wildman–Crippen MR) is 77.4 cm³/mol. The minimum Gasteiger partial charge on any atom is -0.396 e. The molecule has 1 unspecified atom stereocenters. The fraction of sp³-hybridized carbons (Fsp3) is 0.308. The third-order valence-electron chi connectivity index (χ3n) is 3.42. The van der Waals surface area contributed by atoms with Gasteiger partial charge in [-0.1, -0.05) is 11.6 Å². The van der Waals surface area contributed by atoms with E-state index in [1.165, 1.54) is 10.4 Å². The van der Waals surface area contributed by atoms with Gasteiger partial charge in [0.15, 0.2) is 5.82 Å². The van der Waals surface area contributed by atoms with Crippen molar-refractivity contribution in [2.75, 3.05) is 17.2 Å². The second-order valence-corrected chi connectivity index (χ2v) is 5.85. The van der Waals surface area contributed by atoms with Gasteiger partial charge in [0.25, 0.3) is 0 Å². The summed E-state index contributed by atoms with van der Waals surface area (Å²) in [6.45, 7) is 3.12. The second-order valence-electron chi connectivity index (χ2n) is 4.47. The summed E-state index contributed by atoms with van der Waals surface area (Å²) in [5.74, 6) is 0.798. The molecule has 5 heteroatoms. The molecule has 0 radical (unpaired) electrons. The Hall–Kier alpha value is -1.26. The van der Waals surface area contributed by atoms with Gasteiger partial charge in [-0.3, -0.25) is 0 Å². The van der Waals surface area contributed by atoms with Crippen LogP contribution >= 0.6 is 22.9 Å². The molecule has 94 valence electrons. The first-order valence-electron chi connectivity index (χ1n) is 5.92. The molecule has 0 spiro atoms.